The van der Waals surface area contributed by atoms with Gasteiger partial charge >= 0.3 is 0 Å². The van der Waals surface area contributed by atoms with Gasteiger partial charge < -0.3 is 24.5 Å². The lowest BCUT2D eigenvalue weighted by Gasteiger charge is -2.29. The van der Waals surface area contributed by atoms with E-state index in [-0.39, 0.29) is 30.6 Å². The summed E-state index contributed by atoms with van der Waals surface area (Å²) in [5, 5.41) is 11.8. The van der Waals surface area contributed by atoms with Crippen molar-refractivity contribution in [2.45, 2.75) is 71.6 Å². The molecule has 0 bridgehead atoms. The van der Waals surface area contributed by atoms with Gasteiger partial charge in [0.2, 0.25) is 5.91 Å². The monoisotopic (exact) mass is 551 g/mol. The third-order valence-corrected chi connectivity index (χ3v) is 7.14. The minimum Gasteiger partial charge on any atom is -0.389 e. The van der Waals surface area contributed by atoms with Crippen LogP contribution in [0.15, 0.2) is 54.7 Å². The molecule has 0 aliphatic heterocycles. The summed E-state index contributed by atoms with van der Waals surface area (Å²) in [5.41, 5.74) is 4.77. The first-order valence-electron chi connectivity index (χ1n) is 14.5. The van der Waals surface area contributed by atoms with Gasteiger partial charge in [-0.25, -0.2) is 0 Å². The molecule has 0 saturated carbocycles. The van der Waals surface area contributed by atoms with E-state index in [1.54, 1.807) is 7.11 Å². The second-order valence-corrected chi connectivity index (χ2v) is 12.0. The Balaban J connectivity index is 1.76. The van der Waals surface area contributed by atoms with E-state index in [0.29, 0.717) is 32.8 Å². The molecule has 0 fully saturated rings. The fourth-order valence-corrected chi connectivity index (χ4v) is 4.83. The summed E-state index contributed by atoms with van der Waals surface area (Å²) in [7, 11) is 1.68. The zero-order chi connectivity index (χ0) is 29.1. The predicted molar refractivity (Wildman–Crippen MR) is 163 cm³/mol. The molecule has 7 nitrogen and oxygen atoms in total. The average molecular weight is 552 g/mol. The van der Waals surface area contributed by atoms with Gasteiger partial charge in [0.1, 0.15) is 0 Å². The average Bonchev–Trinajstić information content (AvgIpc) is 3.32. The molecule has 7 heteroatoms. The number of nitrogens with zero attached hydrogens (tertiary/aromatic N) is 2. The molecule has 2 N–H and O–H groups in total. The number of methoxy groups -OCH3 is 1. The molecule has 40 heavy (non-hydrogen) atoms. The van der Waals surface area contributed by atoms with E-state index in [1.807, 2.05) is 42.0 Å². The Morgan fingerprint density at radius 3 is 2.45 bits per heavy atom. The van der Waals surface area contributed by atoms with Crippen molar-refractivity contribution in [3.63, 3.8) is 0 Å². The Hall–Kier alpha value is -2.71. The molecular formula is C33H49N3O4. The molecule has 0 unspecified atom stereocenters. The molecule has 0 aliphatic carbocycles. The Morgan fingerprint density at radius 2 is 1.77 bits per heavy atom. The standard InChI is InChI=1S/C33H49N3O4/c1-25(2)40-24-29(37)22-35(17-9-19-39-6)23-32(38)36(21-26-12-14-28(15-13-26)33(3,4)5)18-16-27-20-34-31-11-8-7-10-30(27)31/h7-8,10-15,20,25,29,34,37H,9,16-19,21-24H2,1-6H3/t29-/m1/s1. The molecule has 3 aromatic rings. The highest BCUT2D eigenvalue weighted by atomic mass is 16.5. The number of aromatic nitrogens is 1. The minimum atomic E-state index is -0.664. The number of para-hydroxylation sites is 1. The number of amides is 1. The highest BCUT2D eigenvalue weighted by Gasteiger charge is 2.21. The number of aliphatic hydroxyl groups excluding tert-OH is 1. The van der Waals surface area contributed by atoms with Crippen LogP contribution in [0.2, 0.25) is 0 Å². The molecule has 1 aromatic heterocycles. The second-order valence-electron chi connectivity index (χ2n) is 12.0. The number of ether oxygens (including phenoxy) is 2. The van der Waals surface area contributed by atoms with Gasteiger partial charge in [-0.2, -0.15) is 0 Å². The number of rotatable bonds is 16. The van der Waals surface area contributed by atoms with Crippen molar-refractivity contribution in [2.24, 2.45) is 0 Å². The number of carbonyl (C=O) groups excluding carboxylic acids is 1. The van der Waals surface area contributed by atoms with Crippen LogP contribution in [-0.4, -0.2) is 84.5 Å². The number of hydrogen-bond donors (Lipinski definition) is 2. The van der Waals surface area contributed by atoms with Crippen molar-refractivity contribution in [3.8, 4) is 0 Å². The summed E-state index contributed by atoms with van der Waals surface area (Å²) in [5.74, 6) is 0.0501. The van der Waals surface area contributed by atoms with Crippen LogP contribution in [-0.2, 0) is 32.6 Å². The van der Waals surface area contributed by atoms with E-state index < -0.39 is 6.10 Å². The highest BCUT2D eigenvalue weighted by Crippen LogP contribution is 2.23. The van der Waals surface area contributed by atoms with Gasteiger partial charge in [0.25, 0.3) is 0 Å². The summed E-state index contributed by atoms with van der Waals surface area (Å²) < 4.78 is 10.9. The number of aromatic amines is 1. The number of H-pyrrole nitrogens is 1. The maximum atomic E-state index is 13.8. The Bertz CT molecular complexity index is 1170. The van der Waals surface area contributed by atoms with Crippen LogP contribution in [0.5, 0.6) is 0 Å². The minimum absolute atomic E-state index is 0.0444. The van der Waals surface area contributed by atoms with Crippen molar-refractivity contribution in [1.82, 2.24) is 14.8 Å². The Morgan fingerprint density at radius 1 is 1.05 bits per heavy atom. The maximum Gasteiger partial charge on any atom is 0.237 e. The lowest BCUT2D eigenvalue weighted by molar-refractivity contribution is -0.133. The molecule has 220 valence electrons. The van der Waals surface area contributed by atoms with Gasteiger partial charge in [-0.1, -0.05) is 63.2 Å². The number of benzene rings is 2. The second kappa shape index (κ2) is 15.3. The van der Waals surface area contributed by atoms with Gasteiger partial charge in [-0.15, -0.1) is 0 Å². The lowest BCUT2D eigenvalue weighted by Crippen LogP contribution is -2.44. The quantitative estimate of drug-likeness (QED) is 0.241. The molecule has 1 atom stereocenters. The first kappa shape index (κ1) is 31.8. The molecule has 0 saturated heterocycles. The van der Waals surface area contributed by atoms with Crippen molar-refractivity contribution in [2.75, 3.05) is 46.5 Å². The first-order valence-corrected chi connectivity index (χ1v) is 14.5. The van der Waals surface area contributed by atoms with Gasteiger partial charge in [-0.05, 0) is 54.9 Å². The number of aliphatic hydroxyl groups is 1. The van der Waals surface area contributed by atoms with Crippen molar-refractivity contribution in [1.29, 1.82) is 0 Å². The molecule has 2 aromatic carbocycles. The van der Waals surface area contributed by atoms with Crippen molar-refractivity contribution in [3.05, 3.63) is 71.4 Å². The summed E-state index contributed by atoms with van der Waals surface area (Å²) in [6.45, 7) is 13.8. The zero-order valence-corrected chi connectivity index (χ0v) is 25.3. The topological polar surface area (TPSA) is 78.0 Å². The summed E-state index contributed by atoms with van der Waals surface area (Å²) in [6.07, 6.45) is 2.97. The van der Waals surface area contributed by atoms with Crippen LogP contribution < -0.4 is 0 Å². The number of fused-ring (bicyclic) bond motifs is 1. The molecule has 0 spiro atoms. The summed E-state index contributed by atoms with van der Waals surface area (Å²) in [6, 6.07) is 16.9. The largest absolute Gasteiger partial charge is 0.389 e. The molecule has 0 aliphatic rings. The van der Waals surface area contributed by atoms with E-state index in [2.05, 4.69) is 62.2 Å². The van der Waals surface area contributed by atoms with Crippen LogP contribution in [0.3, 0.4) is 0 Å². The molecule has 1 heterocycles. The van der Waals surface area contributed by atoms with Crippen LogP contribution in [0.25, 0.3) is 10.9 Å². The van der Waals surface area contributed by atoms with Gasteiger partial charge in [-0.3, -0.25) is 9.69 Å². The molecular weight excluding hydrogens is 502 g/mol. The SMILES string of the molecule is COCCCN(CC(=O)N(CCc1c[nH]c2ccccc12)Cc1ccc(C(C)(C)C)cc1)C[C@@H](O)COC(C)C. The highest BCUT2D eigenvalue weighted by molar-refractivity contribution is 5.83. The van der Waals surface area contributed by atoms with Gasteiger partial charge in [0, 0.05) is 57.0 Å². The van der Waals surface area contributed by atoms with Crippen LogP contribution in [0, 0.1) is 0 Å². The first-order chi connectivity index (χ1) is 19.1. The van der Waals surface area contributed by atoms with Crippen molar-refractivity contribution < 1.29 is 19.4 Å². The van der Waals surface area contributed by atoms with E-state index in [9.17, 15) is 9.90 Å². The van der Waals surface area contributed by atoms with E-state index in [1.165, 1.54) is 16.5 Å². The molecule has 0 radical (unpaired) electrons. The van der Waals surface area contributed by atoms with Crippen molar-refractivity contribution >= 4 is 16.8 Å². The fourth-order valence-electron chi connectivity index (χ4n) is 4.83. The lowest BCUT2D eigenvalue weighted by atomic mass is 9.87. The third-order valence-electron chi connectivity index (χ3n) is 7.14. The van der Waals surface area contributed by atoms with E-state index in [0.717, 1.165) is 23.9 Å². The number of nitrogens with one attached hydrogen (secondary N) is 1. The van der Waals surface area contributed by atoms with Crippen LogP contribution >= 0.6 is 0 Å². The summed E-state index contributed by atoms with van der Waals surface area (Å²) >= 11 is 0. The third kappa shape index (κ3) is 10.0. The Labute approximate surface area is 240 Å². The van der Waals surface area contributed by atoms with Crippen LogP contribution in [0.4, 0.5) is 0 Å². The molecule has 3 rings (SSSR count). The summed E-state index contributed by atoms with van der Waals surface area (Å²) in [4.78, 5) is 21.1. The van der Waals surface area contributed by atoms with Crippen LogP contribution in [0.1, 0.15) is 57.7 Å². The fraction of sp³-hybridized carbons (Fsp3) is 0.545. The van der Waals surface area contributed by atoms with E-state index in [4.69, 9.17) is 9.47 Å². The van der Waals surface area contributed by atoms with E-state index >= 15 is 0 Å². The van der Waals surface area contributed by atoms with Gasteiger partial charge in [0.15, 0.2) is 0 Å². The normalized spacial score (nSPS) is 12.9. The zero-order valence-electron chi connectivity index (χ0n) is 25.3. The van der Waals surface area contributed by atoms with Gasteiger partial charge in [0.05, 0.1) is 25.4 Å². The smallest absolute Gasteiger partial charge is 0.237 e. The predicted octanol–water partition coefficient (Wildman–Crippen LogP) is 5.16. The maximum absolute atomic E-state index is 13.8. The number of carbonyl (C=O) groups is 1. The number of hydrogen-bond acceptors (Lipinski definition) is 5. The Kier molecular flexibility index (Phi) is 12.2. The molecule has 1 amide bonds.